The molecular weight excluding hydrogens is 301 g/mol. The van der Waals surface area contributed by atoms with E-state index in [0.717, 1.165) is 16.4 Å². The minimum atomic E-state index is -4.17. The number of aromatic nitrogens is 2. The Morgan fingerprint density at radius 2 is 1.90 bits per heavy atom. The predicted octanol–water partition coefficient (Wildman–Crippen LogP) is 1.38. The van der Waals surface area contributed by atoms with E-state index in [9.17, 15) is 17.6 Å². The zero-order chi connectivity index (χ0) is 15.8. The van der Waals surface area contributed by atoms with Crippen LogP contribution in [0.2, 0.25) is 0 Å². The molecule has 21 heavy (non-hydrogen) atoms. The van der Waals surface area contributed by atoms with E-state index in [0.29, 0.717) is 0 Å². The number of halogens is 1. The number of benzene rings is 1. The molecule has 0 fully saturated rings. The van der Waals surface area contributed by atoms with Crippen LogP contribution in [-0.4, -0.2) is 36.7 Å². The van der Waals surface area contributed by atoms with Crippen LogP contribution in [0, 0.1) is 12.7 Å². The lowest BCUT2D eigenvalue weighted by Gasteiger charge is -2.18. The number of aryl methyl sites for hydroxylation is 1. The topological polar surface area (TPSA) is 103 Å². The summed E-state index contributed by atoms with van der Waals surface area (Å²) in [5.41, 5.74) is -0.0917. The van der Waals surface area contributed by atoms with Crippen LogP contribution in [0.15, 0.2) is 29.3 Å². The van der Waals surface area contributed by atoms with Crippen LogP contribution in [-0.2, 0) is 10.0 Å². The monoisotopic (exact) mass is 313 g/mol. The number of carbonyl (C=O) groups is 1. The van der Waals surface area contributed by atoms with Crippen LogP contribution in [0.4, 0.5) is 10.1 Å². The predicted molar refractivity (Wildman–Crippen MR) is 72.3 cm³/mol. The lowest BCUT2D eigenvalue weighted by Crippen LogP contribution is -2.28. The number of anilines is 1. The smallest absolute Gasteiger partial charge is 0.340 e. The van der Waals surface area contributed by atoms with Crippen molar-refractivity contribution in [3.63, 3.8) is 0 Å². The van der Waals surface area contributed by atoms with Crippen molar-refractivity contribution >= 4 is 21.7 Å². The summed E-state index contributed by atoms with van der Waals surface area (Å²) in [5, 5.41) is 14.4. The standard InChI is InChI=1S/C12H12FN3O4S/c1-7-10(12(17)18)11(15-14-7)21(19,20)16(2)9-5-3-8(13)4-6-9/h3-6H,1-2H3,(H,14,15)(H,17,18). The van der Waals surface area contributed by atoms with Gasteiger partial charge in [-0.1, -0.05) is 0 Å². The first-order valence-electron chi connectivity index (χ1n) is 5.78. The summed E-state index contributed by atoms with van der Waals surface area (Å²) in [7, 11) is -2.94. The minimum absolute atomic E-state index is 0.133. The summed E-state index contributed by atoms with van der Waals surface area (Å²) in [5.74, 6) is -1.90. The molecule has 2 aromatic rings. The molecule has 0 aliphatic rings. The van der Waals surface area contributed by atoms with Crippen molar-refractivity contribution in [1.82, 2.24) is 10.2 Å². The fourth-order valence-electron chi connectivity index (χ4n) is 1.76. The van der Waals surface area contributed by atoms with E-state index in [2.05, 4.69) is 10.2 Å². The number of sulfonamides is 1. The van der Waals surface area contributed by atoms with Gasteiger partial charge in [0.2, 0.25) is 5.03 Å². The van der Waals surface area contributed by atoms with Gasteiger partial charge in [-0.3, -0.25) is 9.40 Å². The van der Waals surface area contributed by atoms with Gasteiger partial charge < -0.3 is 5.11 Å². The molecule has 0 unspecified atom stereocenters. The van der Waals surface area contributed by atoms with Crippen LogP contribution in [0.5, 0.6) is 0 Å². The highest BCUT2D eigenvalue weighted by atomic mass is 32.2. The van der Waals surface area contributed by atoms with Crippen LogP contribution in [0.1, 0.15) is 16.1 Å². The van der Waals surface area contributed by atoms with Crippen molar-refractivity contribution < 1.29 is 22.7 Å². The Labute approximate surface area is 120 Å². The average Bonchev–Trinajstić information content (AvgIpc) is 2.81. The Morgan fingerprint density at radius 3 is 2.43 bits per heavy atom. The number of carboxylic acids is 1. The van der Waals surface area contributed by atoms with Crippen molar-refractivity contribution in [1.29, 1.82) is 0 Å². The molecule has 2 rings (SSSR count). The summed E-state index contributed by atoms with van der Waals surface area (Å²) in [4.78, 5) is 11.2. The molecule has 9 heteroatoms. The number of hydrogen-bond acceptors (Lipinski definition) is 4. The second-order valence-electron chi connectivity index (χ2n) is 4.28. The molecule has 0 aliphatic carbocycles. The van der Waals surface area contributed by atoms with Crippen LogP contribution >= 0.6 is 0 Å². The van der Waals surface area contributed by atoms with Gasteiger partial charge in [0.15, 0.2) is 0 Å². The highest BCUT2D eigenvalue weighted by Crippen LogP contribution is 2.24. The first kappa shape index (κ1) is 15.0. The molecule has 0 spiro atoms. The van der Waals surface area contributed by atoms with Gasteiger partial charge >= 0.3 is 5.97 Å². The average molecular weight is 313 g/mol. The van der Waals surface area contributed by atoms with Gasteiger partial charge in [-0.05, 0) is 31.2 Å². The van der Waals surface area contributed by atoms with E-state index in [4.69, 9.17) is 5.11 Å². The minimum Gasteiger partial charge on any atom is -0.478 e. The molecule has 2 N–H and O–H groups in total. The summed E-state index contributed by atoms with van der Waals surface area (Å²) in [6.45, 7) is 1.41. The lowest BCUT2D eigenvalue weighted by atomic mass is 10.3. The number of aromatic amines is 1. The van der Waals surface area contributed by atoms with Crippen molar-refractivity contribution in [3.8, 4) is 0 Å². The van der Waals surface area contributed by atoms with Crippen LogP contribution in [0.25, 0.3) is 0 Å². The van der Waals surface area contributed by atoms with Crippen LogP contribution in [0.3, 0.4) is 0 Å². The maximum Gasteiger partial charge on any atom is 0.340 e. The van der Waals surface area contributed by atoms with Gasteiger partial charge in [0.25, 0.3) is 10.0 Å². The Morgan fingerprint density at radius 1 is 1.33 bits per heavy atom. The molecule has 112 valence electrons. The third-order valence-corrected chi connectivity index (χ3v) is 4.64. The molecule has 1 aromatic carbocycles. The Balaban J connectivity index is 2.52. The summed E-state index contributed by atoms with van der Waals surface area (Å²) >= 11 is 0. The van der Waals surface area contributed by atoms with Crippen molar-refractivity contribution in [3.05, 3.63) is 41.3 Å². The molecule has 7 nitrogen and oxygen atoms in total. The maximum atomic E-state index is 12.9. The number of rotatable bonds is 4. The number of aromatic carboxylic acids is 1. The van der Waals surface area contributed by atoms with Crippen molar-refractivity contribution in [2.24, 2.45) is 0 Å². The molecule has 0 aliphatic heterocycles. The molecule has 0 amide bonds. The molecule has 1 aromatic heterocycles. The Bertz CT molecular complexity index is 783. The second-order valence-corrected chi connectivity index (χ2v) is 6.17. The molecule has 0 saturated carbocycles. The summed E-state index contributed by atoms with van der Waals surface area (Å²) in [6, 6.07) is 4.75. The first-order chi connectivity index (χ1) is 9.75. The Hall–Kier alpha value is -2.42. The zero-order valence-electron chi connectivity index (χ0n) is 11.2. The quantitative estimate of drug-likeness (QED) is 0.887. The fraction of sp³-hybridized carbons (Fsp3) is 0.167. The highest BCUT2D eigenvalue weighted by molar-refractivity contribution is 7.92. The van der Waals surface area contributed by atoms with E-state index < -0.39 is 32.4 Å². The summed E-state index contributed by atoms with van der Waals surface area (Å²) < 4.78 is 38.6. The van der Waals surface area contributed by atoms with E-state index in [1.165, 1.54) is 26.1 Å². The molecule has 0 saturated heterocycles. The number of hydrogen-bond donors (Lipinski definition) is 2. The van der Waals surface area contributed by atoms with E-state index >= 15 is 0 Å². The maximum absolute atomic E-state index is 12.9. The normalized spacial score (nSPS) is 11.4. The van der Waals surface area contributed by atoms with Crippen molar-refractivity contribution in [2.45, 2.75) is 11.9 Å². The van der Waals surface area contributed by atoms with Crippen molar-refractivity contribution in [2.75, 3.05) is 11.4 Å². The van der Waals surface area contributed by atoms with Gasteiger partial charge in [-0.2, -0.15) is 13.5 Å². The number of H-pyrrole nitrogens is 1. The third kappa shape index (κ3) is 2.59. The van der Waals surface area contributed by atoms with Gasteiger partial charge in [0, 0.05) is 12.7 Å². The fourth-order valence-corrected chi connectivity index (χ4v) is 3.08. The second kappa shape index (κ2) is 5.17. The van der Waals surface area contributed by atoms with Gasteiger partial charge in [-0.15, -0.1) is 0 Å². The molecule has 1 heterocycles. The molecule has 0 atom stereocenters. The van der Waals surface area contributed by atoms with Gasteiger partial charge in [0.1, 0.15) is 11.4 Å². The third-order valence-electron chi connectivity index (χ3n) is 2.92. The largest absolute Gasteiger partial charge is 0.478 e. The zero-order valence-corrected chi connectivity index (χ0v) is 12.0. The van der Waals surface area contributed by atoms with E-state index in [1.807, 2.05) is 0 Å². The van der Waals surface area contributed by atoms with Crippen LogP contribution < -0.4 is 4.31 Å². The highest BCUT2D eigenvalue weighted by Gasteiger charge is 2.31. The SMILES string of the molecule is Cc1[nH]nc(S(=O)(=O)N(C)c2ccc(F)cc2)c1C(=O)O. The van der Waals surface area contributed by atoms with E-state index in [-0.39, 0.29) is 11.4 Å². The van der Waals surface area contributed by atoms with Gasteiger partial charge in [-0.25, -0.2) is 9.18 Å². The molecule has 0 bridgehead atoms. The molecular formula is C12H12FN3O4S. The molecule has 0 radical (unpaired) electrons. The Kier molecular flexibility index (Phi) is 3.69. The van der Waals surface area contributed by atoms with Gasteiger partial charge in [0.05, 0.1) is 5.69 Å². The first-order valence-corrected chi connectivity index (χ1v) is 7.22. The number of carboxylic acid groups (broad SMARTS) is 1. The van der Waals surface area contributed by atoms with E-state index in [1.54, 1.807) is 0 Å². The number of nitrogens with one attached hydrogen (secondary N) is 1. The lowest BCUT2D eigenvalue weighted by molar-refractivity contribution is 0.0692. The number of nitrogens with zero attached hydrogens (tertiary/aromatic N) is 2. The summed E-state index contributed by atoms with van der Waals surface area (Å²) in [6.07, 6.45) is 0.